The van der Waals surface area contributed by atoms with Gasteiger partial charge in [-0.2, -0.15) is 0 Å². The van der Waals surface area contributed by atoms with Gasteiger partial charge < -0.3 is 14.5 Å². The Hall–Kier alpha value is -1.39. The lowest BCUT2D eigenvalue weighted by Crippen LogP contribution is -2.46. The van der Waals surface area contributed by atoms with Crippen molar-refractivity contribution in [2.75, 3.05) is 26.7 Å². The Morgan fingerprint density at radius 1 is 1.21 bits per heavy atom. The number of likely N-dealkylation sites (tertiary alicyclic amines) is 1. The summed E-state index contributed by atoms with van der Waals surface area (Å²) < 4.78 is 5.68. The monoisotopic (exact) mass is 330 g/mol. The van der Waals surface area contributed by atoms with Crippen LogP contribution in [0.2, 0.25) is 0 Å². The normalized spacial score (nSPS) is 22.6. The van der Waals surface area contributed by atoms with Gasteiger partial charge in [-0.25, -0.2) is 0 Å². The van der Waals surface area contributed by atoms with Crippen LogP contribution in [0.4, 0.5) is 0 Å². The number of ether oxygens (including phenoxy) is 1. The van der Waals surface area contributed by atoms with Crippen LogP contribution in [0.25, 0.3) is 0 Å². The highest BCUT2D eigenvalue weighted by Gasteiger charge is 2.27. The molecule has 2 aliphatic heterocycles. The first-order valence-corrected chi connectivity index (χ1v) is 9.36. The molecule has 24 heavy (non-hydrogen) atoms. The third-order valence-electron chi connectivity index (χ3n) is 5.35. The van der Waals surface area contributed by atoms with Gasteiger partial charge in [0.2, 0.25) is 5.91 Å². The Balaban J connectivity index is 1.62. The van der Waals surface area contributed by atoms with E-state index in [9.17, 15) is 4.79 Å². The fourth-order valence-electron chi connectivity index (χ4n) is 3.81. The molecule has 0 saturated carbocycles. The molecular formula is C20H30N2O2. The van der Waals surface area contributed by atoms with Crippen LogP contribution in [0.15, 0.2) is 30.3 Å². The molecule has 2 heterocycles. The topological polar surface area (TPSA) is 32.8 Å². The summed E-state index contributed by atoms with van der Waals surface area (Å²) in [6.45, 7) is 3.76. The minimum absolute atomic E-state index is 0.295. The molecule has 1 aromatic rings. The first-order valence-electron chi connectivity index (χ1n) is 9.36. The number of hydrogen-bond donors (Lipinski definition) is 0. The minimum Gasteiger partial charge on any atom is -0.378 e. The summed E-state index contributed by atoms with van der Waals surface area (Å²) >= 11 is 0. The van der Waals surface area contributed by atoms with Crippen molar-refractivity contribution in [3.05, 3.63) is 35.9 Å². The van der Waals surface area contributed by atoms with Crippen LogP contribution in [0.3, 0.4) is 0 Å². The van der Waals surface area contributed by atoms with Crippen LogP contribution in [0, 0.1) is 0 Å². The predicted octanol–water partition coefficient (Wildman–Crippen LogP) is 3.07. The van der Waals surface area contributed by atoms with Crippen molar-refractivity contribution in [1.82, 2.24) is 9.80 Å². The maximum absolute atomic E-state index is 12.9. The van der Waals surface area contributed by atoms with Crippen molar-refractivity contribution < 1.29 is 9.53 Å². The van der Waals surface area contributed by atoms with Crippen LogP contribution in [-0.4, -0.2) is 54.6 Å². The van der Waals surface area contributed by atoms with Gasteiger partial charge in [-0.05, 0) is 57.8 Å². The Kier molecular flexibility index (Phi) is 6.27. The molecule has 132 valence electrons. The molecule has 2 aliphatic rings. The zero-order valence-corrected chi connectivity index (χ0v) is 14.8. The molecule has 2 saturated heterocycles. The van der Waals surface area contributed by atoms with Crippen LogP contribution in [-0.2, 0) is 16.1 Å². The molecule has 0 aliphatic carbocycles. The lowest BCUT2D eigenvalue weighted by Gasteiger charge is -2.37. The molecule has 1 atom stereocenters. The van der Waals surface area contributed by atoms with Gasteiger partial charge in [0.05, 0.1) is 6.10 Å². The quantitative estimate of drug-likeness (QED) is 0.803. The number of carbonyl (C=O) groups is 1. The molecule has 3 rings (SSSR count). The first-order chi connectivity index (χ1) is 11.7. The number of benzene rings is 1. The number of amides is 1. The van der Waals surface area contributed by atoms with Crippen molar-refractivity contribution >= 4 is 5.91 Å². The van der Waals surface area contributed by atoms with Crippen molar-refractivity contribution in [2.24, 2.45) is 0 Å². The maximum atomic E-state index is 12.9. The van der Waals surface area contributed by atoms with Crippen LogP contribution >= 0.6 is 0 Å². The highest BCUT2D eigenvalue weighted by Crippen LogP contribution is 2.22. The van der Waals surface area contributed by atoms with E-state index >= 15 is 0 Å². The second kappa shape index (κ2) is 8.63. The molecule has 0 radical (unpaired) electrons. The van der Waals surface area contributed by atoms with E-state index in [4.69, 9.17) is 4.74 Å². The minimum atomic E-state index is 0.295. The zero-order valence-electron chi connectivity index (χ0n) is 14.8. The zero-order chi connectivity index (χ0) is 16.8. The van der Waals surface area contributed by atoms with Gasteiger partial charge in [0.15, 0.2) is 0 Å². The van der Waals surface area contributed by atoms with Crippen molar-refractivity contribution in [1.29, 1.82) is 0 Å². The first kappa shape index (κ1) is 17.4. The highest BCUT2D eigenvalue weighted by molar-refractivity contribution is 5.76. The molecular weight excluding hydrogens is 300 g/mol. The summed E-state index contributed by atoms with van der Waals surface area (Å²) in [5.41, 5.74) is 1.22. The standard InChI is InChI=1S/C20H30N2O2/c1-21-13-11-18(12-14-21)22(16-17-6-3-2-4-7-17)20(23)10-9-19-8-5-15-24-19/h2-4,6-7,18-19H,5,8-16H2,1H3/t19-/m0/s1. The molecule has 0 N–H and O–H groups in total. The number of piperidine rings is 1. The third-order valence-corrected chi connectivity index (χ3v) is 5.35. The van der Waals surface area contributed by atoms with Gasteiger partial charge in [-0.3, -0.25) is 4.79 Å². The van der Waals surface area contributed by atoms with E-state index in [0.717, 1.165) is 58.3 Å². The summed E-state index contributed by atoms with van der Waals surface area (Å²) in [7, 11) is 2.16. The molecule has 1 amide bonds. The average molecular weight is 330 g/mol. The Morgan fingerprint density at radius 3 is 2.62 bits per heavy atom. The van der Waals surface area contributed by atoms with E-state index in [1.807, 2.05) is 6.07 Å². The summed E-state index contributed by atoms with van der Waals surface area (Å²) in [6, 6.07) is 10.8. The molecule has 0 bridgehead atoms. The number of nitrogens with zero attached hydrogens (tertiary/aromatic N) is 2. The summed E-state index contributed by atoms with van der Waals surface area (Å²) in [5.74, 6) is 0.295. The number of carbonyl (C=O) groups excluding carboxylic acids is 1. The average Bonchev–Trinajstić information content (AvgIpc) is 3.13. The summed E-state index contributed by atoms with van der Waals surface area (Å²) in [6.07, 6.45) is 6.19. The van der Waals surface area contributed by atoms with E-state index in [-0.39, 0.29) is 0 Å². The fraction of sp³-hybridized carbons (Fsp3) is 0.650. The Bertz CT molecular complexity index is 506. The van der Waals surface area contributed by atoms with Crippen LogP contribution in [0.5, 0.6) is 0 Å². The predicted molar refractivity (Wildman–Crippen MR) is 95.7 cm³/mol. The second-order valence-corrected chi connectivity index (χ2v) is 7.22. The van der Waals surface area contributed by atoms with Crippen molar-refractivity contribution in [3.8, 4) is 0 Å². The van der Waals surface area contributed by atoms with Crippen LogP contribution in [0.1, 0.15) is 44.1 Å². The molecule has 0 aromatic heterocycles. The summed E-state index contributed by atoms with van der Waals surface area (Å²) in [4.78, 5) is 17.4. The van der Waals surface area contributed by atoms with E-state index < -0.39 is 0 Å². The van der Waals surface area contributed by atoms with Gasteiger partial charge >= 0.3 is 0 Å². The Morgan fingerprint density at radius 2 is 1.96 bits per heavy atom. The molecule has 0 unspecified atom stereocenters. The van der Waals surface area contributed by atoms with Gasteiger partial charge in [0.25, 0.3) is 0 Å². The van der Waals surface area contributed by atoms with E-state index in [2.05, 4.69) is 41.1 Å². The largest absolute Gasteiger partial charge is 0.378 e. The molecule has 2 fully saturated rings. The number of hydrogen-bond acceptors (Lipinski definition) is 3. The highest BCUT2D eigenvalue weighted by atomic mass is 16.5. The molecule has 1 aromatic carbocycles. The van der Waals surface area contributed by atoms with Gasteiger partial charge in [-0.15, -0.1) is 0 Å². The van der Waals surface area contributed by atoms with Crippen molar-refractivity contribution in [2.45, 2.75) is 57.2 Å². The Labute approximate surface area is 145 Å². The van der Waals surface area contributed by atoms with Crippen LogP contribution < -0.4 is 0 Å². The van der Waals surface area contributed by atoms with E-state index in [1.165, 1.54) is 5.56 Å². The van der Waals surface area contributed by atoms with Crippen molar-refractivity contribution in [3.63, 3.8) is 0 Å². The molecule has 0 spiro atoms. The van der Waals surface area contributed by atoms with Gasteiger partial charge in [0, 0.05) is 25.6 Å². The lowest BCUT2D eigenvalue weighted by molar-refractivity contribution is -0.135. The number of rotatable bonds is 6. The second-order valence-electron chi connectivity index (χ2n) is 7.22. The summed E-state index contributed by atoms with van der Waals surface area (Å²) in [5, 5.41) is 0. The van der Waals surface area contributed by atoms with Gasteiger partial charge in [0.1, 0.15) is 0 Å². The SMILES string of the molecule is CN1CCC(N(Cc2ccccc2)C(=O)CC[C@@H]2CCCO2)CC1. The van der Waals surface area contributed by atoms with E-state index in [0.29, 0.717) is 24.5 Å². The molecule has 4 heteroatoms. The fourth-order valence-corrected chi connectivity index (χ4v) is 3.81. The third kappa shape index (κ3) is 4.81. The lowest BCUT2D eigenvalue weighted by atomic mass is 10.0. The maximum Gasteiger partial charge on any atom is 0.223 e. The van der Waals surface area contributed by atoms with Gasteiger partial charge in [-0.1, -0.05) is 30.3 Å². The smallest absolute Gasteiger partial charge is 0.223 e. The van der Waals surface area contributed by atoms with E-state index in [1.54, 1.807) is 0 Å². The molecule has 4 nitrogen and oxygen atoms in total.